The lowest BCUT2D eigenvalue weighted by Gasteiger charge is -2.25. The zero-order chi connectivity index (χ0) is 19.5. The summed E-state index contributed by atoms with van der Waals surface area (Å²) >= 11 is 0. The molecule has 0 saturated heterocycles. The SMILES string of the molecule is CC(C)CCCC(C)CCCC(C)C(O)CN(C)C(=O)c1cccnc1. The van der Waals surface area contributed by atoms with Gasteiger partial charge in [-0.15, -0.1) is 0 Å². The number of nitrogens with zero attached hydrogens (tertiary/aromatic N) is 2. The van der Waals surface area contributed by atoms with Crippen LogP contribution in [0.3, 0.4) is 0 Å². The predicted molar refractivity (Wildman–Crippen MR) is 108 cm³/mol. The maximum atomic E-state index is 12.3. The quantitative estimate of drug-likeness (QED) is 0.582. The number of pyridine rings is 1. The molecule has 1 amide bonds. The number of carbonyl (C=O) groups excluding carboxylic acids is 1. The van der Waals surface area contributed by atoms with E-state index >= 15 is 0 Å². The van der Waals surface area contributed by atoms with Crippen LogP contribution >= 0.6 is 0 Å². The zero-order valence-electron chi connectivity index (χ0n) is 17.3. The Morgan fingerprint density at radius 2 is 1.77 bits per heavy atom. The third kappa shape index (κ3) is 8.79. The van der Waals surface area contributed by atoms with Gasteiger partial charge in [-0.1, -0.05) is 59.8 Å². The van der Waals surface area contributed by atoms with Crippen molar-refractivity contribution in [1.29, 1.82) is 0 Å². The molecule has 0 aliphatic heterocycles. The van der Waals surface area contributed by atoms with Crippen LogP contribution in [0.25, 0.3) is 0 Å². The Balaban J connectivity index is 2.27. The number of amides is 1. The average Bonchev–Trinajstić information content (AvgIpc) is 2.61. The first-order valence-electron chi connectivity index (χ1n) is 10.1. The molecule has 0 saturated carbocycles. The Bertz CT molecular complexity index is 504. The number of hydrogen-bond donors (Lipinski definition) is 1. The molecule has 0 spiro atoms. The molecular weight excluding hydrogens is 324 g/mol. The van der Waals surface area contributed by atoms with Crippen molar-refractivity contribution in [1.82, 2.24) is 9.88 Å². The molecule has 0 fully saturated rings. The lowest BCUT2D eigenvalue weighted by Crippen LogP contribution is -2.37. The third-order valence-electron chi connectivity index (χ3n) is 5.21. The smallest absolute Gasteiger partial charge is 0.255 e. The van der Waals surface area contributed by atoms with Gasteiger partial charge in [-0.05, 0) is 36.3 Å². The molecule has 0 aliphatic carbocycles. The standard InChI is InChI=1S/C22H38N2O2/c1-17(2)9-6-10-18(3)11-7-12-19(4)21(25)16-24(5)22(26)20-13-8-14-23-15-20/h8,13-15,17-19,21,25H,6-7,9-12,16H2,1-5H3. The fourth-order valence-corrected chi connectivity index (χ4v) is 3.25. The molecule has 0 aliphatic rings. The largest absolute Gasteiger partial charge is 0.391 e. The van der Waals surface area contributed by atoms with Gasteiger partial charge in [0.25, 0.3) is 5.91 Å². The summed E-state index contributed by atoms with van der Waals surface area (Å²) in [5.74, 6) is 1.65. The van der Waals surface area contributed by atoms with Crippen LogP contribution in [0.2, 0.25) is 0 Å². The van der Waals surface area contributed by atoms with Gasteiger partial charge in [0.05, 0.1) is 11.7 Å². The Morgan fingerprint density at radius 1 is 1.12 bits per heavy atom. The summed E-state index contributed by atoms with van der Waals surface area (Å²) < 4.78 is 0. The molecule has 3 atom stereocenters. The number of hydrogen-bond acceptors (Lipinski definition) is 3. The van der Waals surface area contributed by atoms with Crippen molar-refractivity contribution in [2.45, 2.75) is 72.3 Å². The number of likely N-dealkylation sites (N-methyl/N-ethyl adjacent to an activating group) is 1. The fraction of sp³-hybridized carbons (Fsp3) is 0.727. The van der Waals surface area contributed by atoms with E-state index in [1.807, 2.05) is 0 Å². The van der Waals surface area contributed by atoms with Crippen molar-refractivity contribution in [2.75, 3.05) is 13.6 Å². The number of aliphatic hydroxyl groups is 1. The van der Waals surface area contributed by atoms with Crippen LogP contribution in [0.4, 0.5) is 0 Å². The summed E-state index contributed by atoms with van der Waals surface area (Å²) in [5, 5.41) is 10.4. The molecular formula is C22H38N2O2. The van der Waals surface area contributed by atoms with Gasteiger partial charge in [0, 0.05) is 26.0 Å². The second kappa shape index (κ2) is 12.1. The van der Waals surface area contributed by atoms with E-state index in [4.69, 9.17) is 0 Å². The molecule has 4 heteroatoms. The molecule has 1 aromatic rings. The van der Waals surface area contributed by atoms with Crippen LogP contribution in [0, 0.1) is 17.8 Å². The summed E-state index contributed by atoms with van der Waals surface area (Å²) in [6.45, 7) is 9.34. The van der Waals surface area contributed by atoms with E-state index in [0.29, 0.717) is 12.1 Å². The van der Waals surface area contributed by atoms with Gasteiger partial charge in [-0.2, -0.15) is 0 Å². The Morgan fingerprint density at radius 3 is 2.35 bits per heavy atom. The lowest BCUT2D eigenvalue weighted by atomic mass is 9.91. The molecule has 0 aromatic carbocycles. The van der Waals surface area contributed by atoms with Crippen LogP contribution in [0.5, 0.6) is 0 Å². The van der Waals surface area contributed by atoms with E-state index < -0.39 is 6.10 Å². The molecule has 3 unspecified atom stereocenters. The van der Waals surface area contributed by atoms with Crippen molar-refractivity contribution in [3.63, 3.8) is 0 Å². The van der Waals surface area contributed by atoms with Crippen LogP contribution in [0.15, 0.2) is 24.5 Å². The molecule has 1 rings (SSSR count). The number of aromatic nitrogens is 1. The maximum Gasteiger partial charge on any atom is 0.255 e. The molecule has 148 valence electrons. The predicted octanol–water partition coefficient (Wildman–Crippen LogP) is 4.78. The lowest BCUT2D eigenvalue weighted by molar-refractivity contribution is 0.0543. The van der Waals surface area contributed by atoms with Gasteiger partial charge >= 0.3 is 0 Å². The number of carbonyl (C=O) groups is 1. The third-order valence-corrected chi connectivity index (χ3v) is 5.21. The van der Waals surface area contributed by atoms with E-state index in [9.17, 15) is 9.90 Å². The molecule has 1 aromatic heterocycles. The Kier molecular flexibility index (Phi) is 10.5. The first-order chi connectivity index (χ1) is 12.3. The van der Waals surface area contributed by atoms with Crippen molar-refractivity contribution >= 4 is 5.91 Å². The fourth-order valence-electron chi connectivity index (χ4n) is 3.25. The zero-order valence-corrected chi connectivity index (χ0v) is 17.3. The van der Waals surface area contributed by atoms with Gasteiger partial charge < -0.3 is 10.0 Å². The van der Waals surface area contributed by atoms with Crippen LogP contribution in [-0.2, 0) is 0 Å². The molecule has 1 N–H and O–H groups in total. The molecule has 1 heterocycles. The van der Waals surface area contributed by atoms with E-state index in [-0.39, 0.29) is 11.8 Å². The molecule has 4 nitrogen and oxygen atoms in total. The molecule has 0 radical (unpaired) electrons. The van der Waals surface area contributed by atoms with Crippen LogP contribution in [0.1, 0.15) is 76.6 Å². The first kappa shape index (κ1) is 22.6. The topological polar surface area (TPSA) is 53.4 Å². The maximum absolute atomic E-state index is 12.3. The number of aliphatic hydroxyl groups excluding tert-OH is 1. The summed E-state index contributed by atoms with van der Waals surface area (Å²) in [6, 6.07) is 3.50. The summed E-state index contributed by atoms with van der Waals surface area (Å²) in [4.78, 5) is 17.9. The Labute approximate surface area is 160 Å². The Hall–Kier alpha value is -1.42. The van der Waals surface area contributed by atoms with Crippen molar-refractivity contribution in [3.8, 4) is 0 Å². The van der Waals surface area contributed by atoms with Crippen LogP contribution in [-0.4, -0.2) is 40.6 Å². The minimum atomic E-state index is -0.489. The average molecular weight is 363 g/mol. The normalized spacial score (nSPS) is 14.9. The minimum absolute atomic E-state index is 0.0943. The van der Waals surface area contributed by atoms with Crippen molar-refractivity contribution in [3.05, 3.63) is 30.1 Å². The highest BCUT2D eigenvalue weighted by atomic mass is 16.3. The summed E-state index contributed by atoms with van der Waals surface area (Å²) in [7, 11) is 1.74. The van der Waals surface area contributed by atoms with E-state index in [1.54, 1.807) is 36.5 Å². The van der Waals surface area contributed by atoms with Gasteiger partial charge in [-0.3, -0.25) is 9.78 Å². The second-order valence-corrected chi connectivity index (χ2v) is 8.33. The first-order valence-corrected chi connectivity index (χ1v) is 10.1. The monoisotopic (exact) mass is 362 g/mol. The molecule has 26 heavy (non-hydrogen) atoms. The second-order valence-electron chi connectivity index (χ2n) is 8.33. The van der Waals surface area contributed by atoms with Crippen molar-refractivity contribution in [2.24, 2.45) is 17.8 Å². The van der Waals surface area contributed by atoms with Crippen molar-refractivity contribution < 1.29 is 9.90 Å². The van der Waals surface area contributed by atoms with Gasteiger partial charge in [-0.25, -0.2) is 0 Å². The van der Waals surface area contributed by atoms with Crippen LogP contribution < -0.4 is 0 Å². The summed E-state index contributed by atoms with van der Waals surface area (Å²) in [6.07, 6.45) is 10.0. The van der Waals surface area contributed by atoms with Gasteiger partial charge in [0.15, 0.2) is 0 Å². The highest BCUT2D eigenvalue weighted by Crippen LogP contribution is 2.20. The van der Waals surface area contributed by atoms with E-state index in [0.717, 1.165) is 24.7 Å². The number of rotatable bonds is 12. The minimum Gasteiger partial charge on any atom is -0.391 e. The molecule has 0 bridgehead atoms. The van der Waals surface area contributed by atoms with E-state index in [2.05, 4.69) is 32.7 Å². The van der Waals surface area contributed by atoms with Gasteiger partial charge in [0.2, 0.25) is 0 Å². The highest BCUT2D eigenvalue weighted by Gasteiger charge is 2.20. The summed E-state index contributed by atoms with van der Waals surface area (Å²) in [5.41, 5.74) is 0.560. The van der Waals surface area contributed by atoms with E-state index in [1.165, 1.54) is 25.7 Å². The highest BCUT2D eigenvalue weighted by molar-refractivity contribution is 5.93. The van der Waals surface area contributed by atoms with Gasteiger partial charge in [0.1, 0.15) is 0 Å².